The predicted octanol–water partition coefficient (Wildman–Crippen LogP) is 0.182. The summed E-state index contributed by atoms with van der Waals surface area (Å²) in [5, 5.41) is 32.9. The van der Waals surface area contributed by atoms with Crippen molar-refractivity contribution in [1.29, 1.82) is 0 Å². The number of aliphatic hydroxyl groups is 3. The van der Waals surface area contributed by atoms with Crippen LogP contribution in [0.2, 0.25) is 0 Å². The van der Waals surface area contributed by atoms with Gasteiger partial charge in [0.25, 0.3) is 0 Å². The highest BCUT2D eigenvalue weighted by molar-refractivity contribution is 5.82. The van der Waals surface area contributed by atoms with Crippen LogP contribution in [0.15, 0.2) is 12.7 Å². The number of aromatic nitrogens is 4. The Bertz CT molecular complexity index is 732. The molecule has 25 heavy (non-hydrogen) atoms. The molecule has 4 rings (SSSR count). The molecule has 0 spiro atoms. The van der Waals surface area contributed by atoms with Crippen molar-refractivity contribution in [2.75, 3.05) is 11.9 Å². The number of imidazole rings is 1. The number of fused-ring (bicyclic) bond motifs is 1. The minimum Gasteiger partial charge on any atom is -0.394 e. The highest BCUT2D eigenvalue weighted by atomic mass is 16.6. The highest BCUT2D eigenvalue weighted by Crippen LogP contribution is 2.32. The summed E-state index contributed by atoms with van der Waals surface area (Å²) < 4.78 is 7.15. The zero-order chi connectivity index (χ0) is 17.4. The molecule has 136 valence electrons. The number of rotatable bonds is 4. The van der Waals surface area contributed by atoms with Gasteiger partial charge in [-0.3, -0.25) is 4.57 Å². The summed E-state index contributed by atoms with van der Waals surface area (Å²) >= 11 is 0. The van der Waals surface area contributed by atoms with Crippen LogP contribution >= 0.6 is 0 Å². The molecule has 0 unspecified atom stereocenters. The Morgan fingerprint density at radius 1 is 1.12 bits per heavy atom. The summed E-state index contributed by atoms with van der Waals surface area (Å²) in [4.78, 5) is 13.0. The van der Waals surface area contributed by atoms with E-state index in [1.807, 2.05) is 0 Å². The van der Waals surface area contributed by atoms with Crippen LogP contribution in [0, 0.1) is 0 Å². The predicted molar refractivity (Wildman–Crippen MR) is 88.8 cm³/mol. The SMILES string of the molecule is OC[C@H]1O[C@@H](n2cnc3c(NC4CCCCC4)ncnc32)[C@@H](O)[C@@H]1O. The second-order valence-electron chi connectivity index (χ2n) is 6.75. The first kappa shape index (κ1) is 16.6. The monoisotopic (exact) mass is 349 g/mol. The van der Waals surface area contributed by atoms with E-state index in [2.05, 4.69) is 20.3 Å². The zero-order valence-corrected chi connectivity index (χ0v) is 13.8. The smallest absolute Gasteiger partial charge is 0.167 e. The van der Waals surface area contributed by atoms with Gasteiger partial charge in [-0.15, -0.1) is 0 Å². The standard InChI is InChI=1S/C16H23N5O4/c22-6-10-12(23)13(24)16(25-10)21-8-19-11-14(17-7-18-15(11)21)20-9-4-2-1-3-5-9/h7-10,12-13,16,22-24H,1-6H2,(H,17,18,20)/t10-,12-,13+,16-/m1/s1. The van der Waals surface area contributed by atoms with Crippen LogP contribution in [0.25, 0.3) is 11.2 Å². The molecule has 4 N–H and O–H groups in total. The van der Waals surface area contributed by atoms with E-state index in [0.29, 0.717) is 23.0 Å². The van der Waals surface area contributed by atoms with Crippen LogP contribution < -0.4 is 5.32 Å². The van der Waals surface area contributed by atoms with E-state index in [0.717, 1.165) is 12.8 Å². The molecule has 1 aliphatic carbocycles. The van der Waals surface area contributed by atoms with Crippen molar-refractivity contribution >= 4 is 17.0 Å². The summed E-state index contributed by atoms with van der Waals surface area (Å²) in [6.45, 7) is -0.370. The molecule has 1 saturated carbocycles. The molecule has 3 heterocycles. The van der Waals surface area contributed by atoms with E-state index in [1.54, 1.807) is 4.57 Å². The van der Waals surface area contributed by atoms with Gasteiger partial charge < -0.3 is 25.4 Å². The van der Waals surface area contributed by atoms with E-state index in [1.165, 1.54) is 31.9 Å². The maximum atomic E-state index is 10.2. The van der Waals surface area contributed by atoms with Crippen molar-refractivity contribution in [3.05, 3.63) is 12.7 Å². The second-order valence-corrected chi connectivity index (χ2v) is 6.75. The molecule has 1 saturated heterocycles. The number of aliphatic hydroxyl groups excluding tert-OH is 3. The first-order valence-corrected chi connectivity index (χ1v) is 8.75. The lowest BCUT2D eigenvalue weighted by atomic mass is 9.95. The third-order valence-electron chi connectivity index (χ3n) is 5.10. The molecular weight excluding hydrogens is 326 g/mol. The van der Waals surface area contributed by atoms with Gasteiger partial charge in [-0.2, -0.15) is 0 Å². The number of nitrogens with one attached hydrogen (secondary N) is 1. The van der Waals surface area contributed by atoms with Gasteiger partial charge in [0.2, 0.25) is 0 Å². The van der Waals surface area contributed by atoms with Crippen molar-refractivity contribution in [2.24, 2.45) is 0 Å². The fraction of sp³-hybridized carbons (Fsp3) is 0.688. The first-order valence-electron chi connectivity index (χ1n) is 8.75. The Kier molecular flexibility index (Phi) is 4.55. The van der Waals surface area contributed by atoms with Gasteiger partial charge in [0.05, 0.1) is 12.9 Å². The van der Waals surface area contributed by atoms with Crippen molar-refractivity contribution in [3.63, 3.8) is 0 Å². The average molecular weight is 349 g/mol. The second kappa shape index (κ2) is 6.83. The van der Waals surface area contributed by atoms with Crippen LogP contribution in [0.3, 0.4) is 0 Å². The molecule has 0 amide bonds. The molecule has 9 nitrogen and oxygen atoms in total. The fourth-order valence-corrected chi connectivity index (χ4v) is 3.69. The normalized spacial score (nSPS) is 30.8. The van der Waals surface area contributed by atoms with Crippen molar-refractivity contribution in [1.82, 2.24) is 19.5 Å². The summed E-state index contributed by atoms with van der Waals surface area (Å²) in [6.07, 6.45) is 4.88. The molecule has 0 radical (unpaired) electrons. The molecule has 2 aromatic rings. The Balaban J connectivity index is 1.62. The number of anilines is 1. The number of ether oxygens (including phenoxy) is 1. The summed E-state index contributed by atoms with van der Waals surface area (Å²) in [5.74, 6) is 0.669. The number of hydrogen-bond acceptors (Lipinski definition) is 8. The number of hydrogen-bond donors (Lipinski definition) is 4. The van der Waals surface area contributed by atoms with Crippen LogP contribution in [0.1, 0.15) is 38.3 Å². The van der Waals surface area contributed by atoms with Crippen LogP contribution in [-0.4, -0.2) is 65.8 Å². The molecule has 1 aliphatic heterocycles. The molecule has 4 atom stereocenters. The van der Waals surface area contributed by atoms with Crippen LogP contribution in [-0.2, 0) is 4.74 Å². The highest BCUT2D eigenvalue weighted by Gasteiger charge is 2.44. The van der Waals surface area contributed by atoms with E-state index < -0.39 is 24.5 Å². The van der Waals surface area contributed by atoms with Gasteiger partial charge in [0.1, 0.15) is 24.6 Å². The zero-order valence-electron chi connectivity index (χ0n) is 13.8. The van der Waals surface area contributed by atoms with E-state index in [4.69, 9.17) is 4.74 Å². The first-order chi connectivity index (χ1) is 12.2. The van der Waals surface area contributed by atoms with Gasteiger partial charge in [-0.1, -0.05) is 19.3 Å². The minimum absolute atomic E-state index is 0.370. The molecule has 9 heteroatoms. The van der Waals surface area contributed by atoms with E-state index >= 15 is 0 Å². The molecular formula is C16H23N5O4. The molecule has 0 aromatic carbocycles. The van der Waals surface area contributed by atoms with Crippen LogP contribution in [0.5, 0.6) is 0 Å². The third kappa shape index (κ3) is 2.97. The van der Waals surface area contributed by atoms with Crippen molar-refractivity contribution < 1.29 is 20.1 Å². The molecule has 2 aliphatic rings. The van der Waals surface area contributed by atoms with Gasteiger partial charge in [0, 0.05) is 6.04 Å². The van der Waals surface area contributed by atoms with Gasteiger partial charge in [-0.05, 0) is 12.8 Å². The van der Waals surface area contributed by atoms with E-state index in [-0.39, 0.29) is 6.61 Å². The third-order valence-corrected chi connectivity index (χ3v) is 5.10. The van der Waals surface area contributed by atoms with Gasteiger partial charge >= 0.3 is 0 Å². The average Bonchev–Trinajstić information content (AvgIpc) is 3.18. The van der Waals surface area contributed by atoms with Gasteiger partial charge in [0.15, 0.2) is 23.2 Å². The molecule has 0 bridgehead atoms. The quantitative estimate of drug-likeness (QED) is 0.616. The Morgan fingerprint density at radius 2 is 1.92 bits per heavy atom. The fourth-order valence-electron chi connectivity index (χ4n) is 3.69. The Morgan fingerprint density at radius 3 is 2.64 bits per heavy atom. The minimum atomic E-state index is -1.17. The summed E-state index contributed by atoms with van der Waals surface area (Å²) in [7, 11) is 0. The topological polar surface area (TPSA) is 126 Å². The van der Waals surface area contributed by atoms with E-state index in [9.17, 15) is 15.3 Å². The largest absolute Gasteiger partial charge is 0.394 e. The maximum Gasteiger partial charge on any atom is 0.167 e. The lowest BCUT2D eigenvalue weighted by Crippen LogP contribution is -2.33. The Hall–Kier alpha value is -1.81. The number of nitrogens with zero attached hydrogens (tertiary/aromatic N) is 4. The van der Waals surface area contributed by atoms with Crippen LogP contribution in [0.4, 0.5) is 5.82 Å². The Labute approximate surface area is 144 Å². The van der Waals surface area contributed by atoms with Crippen molar-refractivity contribution in [3.8, 4) is 0 Å². The summed E-state index contributed by atoms with van der Waals surface area (Å²) in [6, 6.07) is 0.380. The summed E-state index contributed by atoms with van der Waals surface area (Å²) in [5.41, 5.74) is 1.12. The molecule has 2 fully saturated rings. The molecule has 2 aromatic heterocycles. The van der Waals surface area contributed by atoms with Crippen molar-refractivity contribution in [2.45, 2.75) is 62.7 Å². The lowest BCUT2D eigenvalue weighted by Gasteiger charge is -2.23. The van der Waals surface area contributed by atoms with Gasteiger partial charge in [-0.25, -0.2) is 15.0 Å². The maximum absolute atomic E-state index is 10.2. The lowest BCUT2D eigenvalue weighted by molar-refractivity contribution is -0.0511.